The molecule has 0 bridgehead atoms. The van der Waals surface area contributed by atoms with E-state index in [1.54, 1.807) is 24.3 Å². The lowest BCUT2D eigenvalue weighted by molar-refractivity contribution is -0.122. The van der Waals surface area contributed by atoms with Gasteiger partial charge in [0.05, 0.1) is 15.6 Å². The van der Waals surface area contributed by atoms with Gasteiger partial charge in [0.25, 0.3) is 5.91 Å². The normalized spacial score (nSPS) is 11.7. The van der Waals surface area contributed by atoms with Gasteiger partial charge in [-0.2, -0.15) is 0 Å². The van der Waals surface area contributed by atoms with Crippen molar-refractivity contribution in [3.8, 4) is 0 Å². The van der Waals surface area contributed by atoms with Gasteiger partial charge in [-0.1, -0.05) is 45.2 Å². The molecule has 0 aliphatic rings. The van der Waals surface area contributed by atoms with Crippen molar-refractivity contribution in [3.05, 3.63) is 67.9 Å². The molecular weight excluding hydrogens is 434 g/mol. The summed E-state index contributed by atoms with van der Waals surface area (Å²) < 4.78 is 14.4. The number of hydrogen-bond acceptors (Lipinski definition) is 2. The van der Waals surface area contributed by atoms with Crippen molar-refractivity contribution >= 4 is 50.9 Å². The zero-order chi connectivity index (χ0) is 18.6. The van der Waals surface area contributed by atoms with Gasteiger partial charge in [0, 0.05) is 16.6 Å². The van der Waals surface area contributed by atoms with E-state index < -0.39 is 23.7 Å². The van der Waals surface area contributed by atoms with Gasteiger partial charge in [-0.3, -0.25) is 9.59 Å². The lowest BCUT2D eigenvalue weighted by Gasteiger charge is -2.15. The van der Waals surface area contributed by atoms with Crippen LogP contribution < -0.4 is 10.6 Å². The molecule has 1 atom stereocenters. The van der Waals surface area contributed by atoms with Crippen molar-refractivity contribution in [2.45, 2.75) is 19.5 Å². The number of benzene rings is 2. The Hall–Kier alpha value is -1.63. The minimum Gasteiger partial charge on any atom is -0.350 e. The van der Waals surface area contributed by atoms with Crippen LogP contribution in [0.5, 0.6) is 0 Å². The zero-order valence-electron chi connectivity index (χ0n) is 13.1. The summed E-state index contributed by atoms with van der Waals surface area (Å²) in [6, 6.07) is 8.26. The first kappa shape index (κ1) is 19.7. The molecule has 25 heavy (non-hydrogen) atoms. The second-order valence-electron chi connectivity index (χ2n) is 5.25. The first-order chi connectivity index (χ1) is 11.8. The second-order valence-corrected chi connectivity index (χ2v) is 6.95. The summed E-state index contributed by atoms with van der Waals surface area (Å²) in [5.41, 5.74) is 0.506. The maximum atomic E-state index is 13.7. The van der Waals surface area contributed by atoms with Crippen LogP contribution in [0.1, 0.15) is 22.8 Å². The molecule has 0 aliphatic carbocycles. The summed E-state index contributed by atoms with van der Waals surface area (Å²) in [5, 5.41) is 5.47. The predicted octanol–water partition coefficient (Wildman–Crippen LogP) is 4.33. The Labute approximate surface area is 162 Å². The first-order valence-electron chi connectivity index (χ1n) is 7.26. The highest BCUT2D eigenvalue weighted by molar-refractivity contribution is 9.10. The number of halogens is 4. The van der Waals surface area contributed by atoms with Gasteiger partial charge < -0.3 is 10.6 Å². The number of carbonyl (C=O) groups excluding carboxylic acids is 2. The monoisotopic (exact) mass is 446 g/mol. The van der Waals surface area contributed by atoms with Crippen molar-refractivity contribution in [2.75, 3.05) is 0 Å². The van der Waals surface area contributed by atoms with Gasteiger partial charge in [0.1, 0.15) is 11.9 Å². The Morgan fingerprint density at radius 2 is 1.96 bits per heavy atom. The van der Waals surface area contributed by atoms with Crippen LogP contribution in [0.3, 0.4) is 0 Å². The molecule has 0 spiro atoms. The van der Waals surface area contributed by atoms with Gasteiger partial charge in [0.2, 0.25) is 5.91 Å². The van der Waals surface area contributed by atoms with Crippen molar-refractivity contribution in [1.29, 1.82) is 0 Å². The van der Waals surface area contributed by atoms with Gasteiger partial charge in [-0.25, -0.2) is 4.39 Å². The molecule has 0 saturated carbocycles. The molecule has 0 radical (unpaired) electrons. The van der Waals surface area contributed by atoms with E-state index in [0.29, 0.717) is 10.0 Å². The third-order valence-corrected chi connectivity index (χ3v) is 4.71. The molecule has 2 N–H and O–H groups in total. The SMILES string of the molecule is CC(NC(=O)c1cccc(Cl)c1Cl)C(=O)NCc1cc(Br)ccc1F. The van der Waals surface area contributed by atoms with E-state index in [1.165, 1.54) is 19.1 Å². The van der Waals surface area contributed by atoms with Crippen LogP contribution >= 0.6 is 39.1 Å². The molecule has 0 heterocycles. The number of hydrogen-bond donors (Lipinski definition) is 2. The van der Waals surface area contributed by atoms with E-state index in [2.05, 4.69) is 26.6 Å². The molecule has 2 amide bonds. The highest BCUT2D eigenvalue weighted by Gasteiger charge is 2.19. The van der Waals surface area contributed by atoms with Crippen molar-refractivity contribution in [1.82, 2.24) is 10.6 Å². The van der Waals surface area contributed by atoms with Crippen LogP contribution in [0.25, 0.3) is 0 Å². The Bertz CT molecular complexity index is 817. The molecule has 8 heteroatoms. The molecule has 4 nitrogen and oxygen atoms in total. The fourth-order valence-corrected chi connectivity index (χ4v) is 2.83. The van der Waals surface area contributed by atoms with Crippen molar-refractivity contribution < 1.29 is 14.0 Å². The third-order valence-electron chi connectivity index (χ3n) is 3.40. The van der Waals surface area contributed by atoms with Crippen molar-refractivity contribution in [3.63, 3.8) is 0 Å². The average Bonchev–Trinajstić information content (AvgIpc) is 2.57. The van der Waals surface area contributed by atoms with E-state index in [0.717, 1.165) is 0 Å². The van der Waals surface area contributed by atoms with Crippen LogP contribution in [-0.4, -0.2) is 17.9 Å². The number of rotatable bonds is 5. The standard InChI is InChI=1S/C17H14BrCl2FN2O2/c1-9(23-17(25)12-3-2-4-13(19)15(12)20)16(24)22-8-10-7-11(18)5-6-14(10)21/h2-7,9H,8H2,1H3,(H,22,24)(H,23,25). The van der Waals surface area contributed by atoms with Crippen LogP contribution in [0.4, 0.5) is 4.39 Å². The summed E-state index contributed by atoms with van der Waals surface area (Å²) in [5.74, 6) is -1.40. The largest absolute Gasteiger partial charge is 0.350 e. The summed E-state index contributed by atoms with van der Waals surface area (Å²) in [4.78, 5) is 24.3. The minimum atomic E-state index is -0.835. The van der Waals surface area contributed by atoms with Gasteiger partial charge in [0.15, 0.2) is 0 Å². The summed E-state index contributed by atoms with van der Waals surface area (Å²) in [6.45, 7) is 1.52. The highest BCUT2D eigenvalue weighted by Crippen LogP contribution is 2.25. The number of amides is 2. The molecule has 132 valence electrons. The minimum absolute atomic E-state index is 0.00222. The summed E-state index contributed by atoms with van der Waals surface area (Å²) in [6.07, 6.45) is 0. The molecule has 0 aliphatic heterocycles. The van der Waals surface area contributed by atoms with E-state index in [1.807, 2.05) is 0 Å². The Kier molecular flexibility index (Phi) is 6.81. The van der Waals surface area contributed by atoms with Crippen molar-refractivity contribution in [2.24, 2.45) is 0 Å². The van der Waals surface area contributed by atoms with E-state index >= 15 is 0 Å². The summed E-state index contributed by atoms with van der Waals surface area (Å²) >= 11 is 15.1. The van der Waals surface area contributed by atoms with Gasteiger partial charge in [-0.15, -0.1) is 0 Å². The molecular formula is C17H14BrCl2FN2O2. The smallest absolute Gasteiger partial charge is 0.253 e. The van der Waals surface area contributed by atoms with Crippen LogP contribution in [0.2, 0.25) is 10.0 Å². The fourth-order valence-electron chi connectivity index (χ4n) is 2.03. The average molecular weight is 448 g/mol. The van der Waals surface area contributed by atoms with Crippen LogP contribution in [0.15, 0.2) is 40.9 Å². The number of carbonyl (C=O) groups is 2. The molecule has 2 aromatic carbocycles. The van der Waals surface area contributed by atoms with Crippen LogP contribution in [0, 0.1) is 5.82 Å². The first-order valence-corrected chi connectivity index (χ1v) is 8.81. The fraction of sp³-hybridized carbons (Fsp3) is 0.176. The summed E-state index contributed by atoms with van der Waals surface area (Å²) in [7, 11) is 0. The lowest BCUT2D eigenvalue weighted by Crippen LogP contribution is -2.44. The predicted molar refractivity (Wildman–Crippen MR) is 99.3 cm³/mol. The van der Waals surface area contributed by atoms with Crippen LogP contribution in [-0.2, 0) is 11.3 Å². The molecule has 0 aromatic heterocycles. The molecule has 2 rings (SSSR count). The second kappa shape index (κ2) is 8.65. The van der Waals surface area contributed by atoms with E-state index in [9.17, 15) is 14.0 Å². The Balaban J connectivity index is 1.97. The number of nitrogens with one attached hydrogen (secondary N) is 2. The Morgan fingerprint density at radius 3 is 2.68 bits per heavy atom. The molecule has 0 saturated heterocycles. The maximum Gasteiger partial charge on any atom is 0.253 e. The third kappa shape index (κ3) is 5.17. The Morgan fingerprint density at radius 1 is 1.24 bits per heavy atom. The molecule has 0 fully saturated rings. The quantitative estimate of drug-likeness (QED) is 0.716. The highest BCUT2D eigenvalue weighted by atomic mass is 79.9. The zero-order valence-corrected chi connectivity index (χ0v) is 16.2. The van der Waals surface area contributed by atoms with E-state index in [4.69, 9.17) is 23.2 Å². The molecule has 2 aromatic rings. The topological polar surface area (TPSA) is 58.2 Å². The van der Waals surface area contributed by atoms with Gasteiger partial charge >= 0.3 is 0 Å². The lowest BCUT2D eigenvalue weighted by atomic mass is 10.2. The van der Waals surface area contributed by atoms with Gasteiger partial charge in [-0.05, 0) is 37.3 Å². The maximum absolute atomic E-state index is 13.7. The van der Waals surface area contributed by atoms with E-state index in [-0.39, 0.29) is 22.2 Å². The molecule has 1 unspecified atom stereocenters.